The molecule has 0 radical (unpaired) electrons. The van der Waals surface area contributed by atoms with Crippen LogP contribution in [0.5, 0.6) is 5.75 Å². The lowest BCUT2D eigenvalue weighted by Crippen LogP contribution is -2.28. The highest BCUT2D eigenvalue weighted by atomic mass is 35.5. The number of ether oxygens (including phenoxy) is 1. The predicted octanol–water partition coefficient (Wildman–Crippen LogP) is 2.92. The number of halogens is 2. The zero-order valence-corrected chi connectivity index (χ0v) is 16.8. The minimum atomic E-state index is 0. The lowest BCUT2D eigenvalue weighted by atomic mass is 9.93. The van der Waals surface area contributed by atoms with Gasteiger partial charge >= 0.3 is 0 Å². The van der Waals surface area contributed by atoms with Gasteiger partial charge in [-0.2, -0.15) is 5.10 Å². The third kappa shape index (κ3) is 8.15. The number of aromatic nitrogens is 3. The zero-order chi connectivity index (χ0) is 17.3. The molecule has 27 heavy (non-hydrogen) atoms. The summed E-state index contributed by atoms with van der Waals surface area (Å²) in [7, 11) is 0. The van der Waals surface area contributed by atoms with Crippen molar-refractivity contribution in [3.8, 4) is 5.75 Å². The van der Waals surface area contributed by atoms with E-state index in [2.05, 4.69) is 20.7 Å². The van der Waals surface area contributed by atoms with E-state index in [1.54, 1.807) is 11.0 Å². The molecule has 2 aromatic rings. The maximum atomic E-state index is 12.1. The van der Waals surface area contributed by atoms with Crippen LogP contribution in [0.3, 0.4) is 0 Å². The van der Waals surface area contributed by atoms with Crippen LogP contribution < -0.4 is 15.4 Å². The van der Waals surface area contributed by atoms with Crippen LogP contribution in [0, 0.1) is 5.92 Å². The first kappa shape index (κ1) is 23.2. The number of carbonyl (C=O) groups is 1. The summed E-state index contributed by atoms with van der Waals surface area (Å²) in [6, 6.07) is 7.50. The second-order valence-corrected chi connectivity index (χ2v) is 6.32. The molecule has 0 spiro atoms. The van der Waals surface area contributed by atoms with Gasteiger partial charge in [-0.3, -0.25) is 4.79 Å². The van der Waals surface area contributed by atoms with Crippen molar-refractivity contribution in [2.45, 2.75) is 32.2 Å². The normalized spacial score (nSPS) is 13.9. The fourth-order valence-corrected chi connectivity index (χ4v) is 3.00. The van der Waals surface area contributed by atoms with Gasteiger partial charge in [0.2, 0.25) is 5.91 Å². The molecule has 1 aromatic carbocycles. The first-order chi connectivity index (χ1) is 12.3. The zero-order valence-electron chi connectivity index (χ0n) is 15.2. The molecular weight excluding hydrogens is 389 g/mol. The molecule has 7 nitrogen and oxygen atoms in total. The number of hydrogen-bond donors (Lipinski definition) is 2. The van der Waals surface area contributed by atoms with Gasteiger partial charge in [0.05, 0.1) is 6.54 Å². The number of anilines is 1. The van der Waals surface area contributed by atoms with Gasteiger partial charge in [-0.05, 0) is 50.4 Å². The first-order valence-corrected chi connectivity index (χ1v) is 8.85. The smallest absolute Gasteiger partial charge is 0.224 e. The van der Waals surface area contributed by atoms with Gasteiger partial charge in [-0.15, -0.1) is 24.8 Å². The molecule has 9 heteroatoms. The van der Waals surface area contributed by atoms with E-state index in [-0.39, 0.29) is 30.7 Å². The van der Waals surface area contributed by atoms with E-state index >= 15 is 0 Å². The highest BCUT2D eigenvalue weighted by molar-refractivity contribution is 5.90. The largest absolute Gasteiger partial charge is 0.492 e. The van der Waals surface area contributed by atoms with Crippen molar-refractivity contribution >= 4 is 36.4 Å². The Labute approximate surface area is 172 Å². The van der Waals surface area contributed by atoms with Crippen LogP contribution in [-0.4, -0.2) is 40.4 Å². The predicted molar refractivity (Wildman–Crippen MR) is 110 cm³/mol. The van der Waals surface area contributed by atoms with Crippen LogP contribution in [-0.2, 0) is 11.3 Å². The number of piperidine rings is 1. The van der Waals surface area contributed by atoms with Crippen molar-refractivity contribution in [1.29, 1.82) is 0 Å². The van der Waals surface area contributed by atoms with Gasteiger partial charge in [0.25, 0.3) is 0 Å². The molecule has 1 amide bonds. The van der Waals surface area contributed by atoms with E-state index in [1.165, 1.54) is 19.2 Å². The highest BCUT2D eigenvalue weighted by Gasteiger charge is 2.14. The maximum absolute atomic E-state index is 12.1. The minimum absolute atomic E-state index is 0. The standard InChI is InChI=1S/C18H25N5O2.2ClH/c24-18(5-4-15-6-8-19-9-7-15)22-16-2-1-3-17(12-16)25-11-10-23-14-20-13-21-23;;/h1-3,12-15,19H,4-11H2,(H,22,24);2*1H. The topological polar surface area (TPSA) is 81.1 Å². The van der Waals surface area contributed by atoms with Crippen LogP contribution in [0.2, 0.25) is 0 Å². The summed E-state index contributed by atoms with van der Waals surface area (Å²) in [5.41, 5.74) is 0.772. The summed E-state index contributed by atoms with van der Waals surface area (Å²) in [5, 5.41) is 10.3. The average Bonchev–Trinajstić information content (AvgIpc) is 3.15. The SMILES string of the molecule is Cl.Cl.O=C(CCC1CCNCC1)Nc1cccc(OCCn2cncn2)c1. The maximum Gasteiger partial charge on any atom is 0.224 e. The summed E-state index contributed by atoms with van der Waals surface area (Å²) < 4.78 is 7.42. The van der Waals surface area contributed by atoms with Crippen LogP contribution >= 0.6 is 24.8 Å². The summed E-state index contributed by atoms with van der Waals surface area (Å²) in [6.45, 7) is 3.27. The molecule has 0 bridgehead atoms. The Balaban J connectivity index is 0.00000182. The molecule has 1 aliphatic rings. The molecule has 1 saturated heterocycles. The van der Waals surface area contributed by atoms with Crippen LogP contribution in [0.25, 0.3) is 0 Å². The van der Waals surface area contributed by atoms with Crippen molar-refractivity contribution in [3.05, 3.63) is 36.9 Å². The van der Waals surface area contributed by atoms with Gasteiger partial charge in [0, 0.05) is 18.2 Å². The number of carbonyl (C=O) groups excluding carboxylic acids is 1. The number of nitrogens with zero attached hydrogens (tertiary/aromatic N) is 3. The Hall–Kier alpha value is -1.83. The van der Waals surface area contributed by atoms with E-state index in [0.29, 0.717) is 25.5 Å². The molecule has 3 rings (SSSR count). The molecule has 0 aliphatic carbocycles. The van der Waals surface area contributed by atoms with Crippen LogP contribution in [0.4, 0.5) is 5.69 Å². The quantitative estimate of drug-likeness (QED) is 0.692. The third-order valence-corrected chi connectivity index (χ3v) is 4.41. The average molecular weight is 416 g/mol. The summed E-state index contributed by atoms with van der Waals surface area (Å²) in [4.78, 5) is 16.0. The van der Waals surface area contributed by atoms with Gasteiger partial charge in [-0.25, -0.2) is 9.67 Å². The molecule has 0 unspecified atom stereocenters. The minimum Gasteiger partial charge on any atom is -0.492 e. The second kappa shape index (κ2) is 12.5. The van der Waals surface area contributed by atoms with E-state index in [0.717, 1.165) is 30.9 Å². The number of nitrogens with one attached hydrogen (secondary N) is 2. The van der Waals surface area contributed by atoms with Gasteiger partial charge < -0.3 is 15.4 Å². The Kier molecular flexibility index (Phi) is 10.8. The molecule has 0 saturated carbocycles. The van der Waals surface area contributed by atoms with Gasteiger partial charge in [0.1, 0.15) is 25.0 Å². The lowest BCUT2D eigenvalue weighted by Gasteiger charge is -2.22. The summed E-state index contributed by atoms with van der Waals surface area (Å²) in [6.07, 6.45) is 7.02. The number of benzene rings is 1. The molecule has 1 fully saturated rings. The van der Waals surface area contributed by atoms with Crippen molar-refractivity contribution in [1.82, 2.24) is 20.1 Å². The Morgan fingerprint density at radius 2 is 2.11 bits per heavy atom. The lowest BCUT2D eigenvalue weighted by molar-refractivity contribution is -0.116. The van der Waals surface area contributed by atoms with Gasteiger partial charge in [0.15, 0.2) is 0 Å². The van der Waals surface area contributed by atoms with Crippen molar-refractivity contribution in [2.24, 2.45) is 5.92 Å². The van der Waals surface area contributed by atoms with E-state index in [4.69, 9.17) is 4.74 Å². The number of hydrogen-bond acceptors (Lipinski definition) is 5. The summed E-state index contributed by atoms with van der Waals surface area (Å²) in [5.74, 6) is 1.47. The van der Waals surface area contributed by atoms with E-state index in [9.17, 15) is 4.79 Å². The Morgan fingerprint density at radius 3 is 2.85 bits per heavy atom. The number of amides is 1. The molecule has 0 atom stereocenters. The van der Waals surface area contributed by atoms with Crippen LogP contribution in [0.1, 0.15) is 25.7 Å². The first-order valence-electron chi connectivity index (χ1n) is 8.85. The van der Waals surface area contributed by atoms with Crippen molar-refractivity contribution in [2.75, 3.05) is 25.0 Å². The Morgan fingerprint density at radius 1 is 1.30 bits per heavy atom. The third-order valence-electron chi connectivity index (χ3n) is 4.41. The van der Waals surface area contributed by atoms with Gasteiger partial charge in [-0.1, -0.05) is 6.07 Å². The Bertz CT molecular complexity index is 664. The van der Waals surface area contributed by atoms with E-state index < -0.39 is 0 Å². The summed E-state index contributed by atoms with van der Waals surface area (Å²) >= 11 is 0. The van der Waals surface area contributed by atoms with Crippen molar-refractivity contribution in [3.63, 3.8) is 0 Å². The molecule has 1 aliphatic heterocycles. The van der Waals surface area contributed by atoms with E-state index in [1.807, 2.05) is 24.3 Å². The van der Waals surface area contributed by atoms with Crippen LogP contribution in [0.15, 0.2) is 36.9 Å². The fourth-order valence-electron chi connectivity index (χ4n) is 3.00. The van der Waals surface area contributed by atoms with Crippen molar-refractivity contribution < 1.29 is 9.53 Å². The molecule has 150 valence electrons. The molecular formula is C18H27Cl2N5O2. The number of rotatable bonds is 8. The highest BCUT2D eigenvalue weighted by Crippen LogP contribution is 2.20. The second-order valence-electron chi connectivity index (χ2n) is 6.32. The monoisotopic (exact) mass is 415 g/mol. The fraction of sp³-hybridized carbons (Fsp3) is 0.500. The molecule has 2 N–H and O–H groups in total. The molecule has 2 heterocycles. The molecule has 1 aromatic heterocycles.